The van der Waals surface area contributed by atoms with Crippen molar-refractivity contribution in [3.63, 3.8) is 0 Å². The van der Waals surface area contributed by atoms with Crippen LogP contribution in [0.15, 0.2) is 48.8 Å². The second-order valence-electron chi connectivity index (χ2n) is 10.4. The molecule has 1 aliphatic heterocycles. The lowest BCUT2D eigenvalue weighted by Crippen LogP contribution is -2.46. The Morgan fingerprint density at radius 2 is 1.62 bits per heavy atom. The van der Waals surface area contributed by atoms with Gasteiger partial charge in [0.15, 0.2) is 0 Å². The minimum atomic E-state index is 0.628. The zero-order valence-corrected chi connectivity index (χ0v) is 20.3. The Morgan fingerprint density at radius 3 is 2.28 bits per heavy atom. The number of hydrogen-bond acceptors (Lipinski definition) is 3. The van der Waals surface area contributed by atoms with E-state index in [1.807, 2.05) is 0 Å². The summed E-state index contributed by atoms with van der Waals surface area (Å²) in [5.41, 5.74) is 1.36. The van der Waals surface area contributed by atoms with Crippen molar-refractivity contribution >= 4 is 5.69 Å². The molecule has 2 heterocycles. The Bertz CT molecular complexity index is 756. The van der Waals surface area contributed by atoms with Gasteiger partial charge in [-0.05, 0) is 80.3 Å². The van der Waals surface area contributed by atoms with E-state index in [0.717, 1.165) is 37.4 Å². The van der Waals surface area contributed by atoms with E-state index in [2.05, 4.69) is 77.0 Å². The average Bonchev–Trinajstić information content (AvgIpc) is 3.33. The fourth-order valence-electron chi connectivity index (χ4n) is 5.29. The van der Waals surface area contributed by atoms with E-state index >= 15 is 0 Å². The van der Waals surface area contributed by atoms with Gasteiger partial charge in [-0.3, -0.25) is 4.90 Å². The topological polar surface area (TPSA) is 20.6 Å². The summed E-state index contributed by atoms with van der Waals surface area (Å²) in [5, 5.41) is 0. The van der Waals surface area contributed by atoms with Crippen LogP contribution in [0.25, 0.3) is 0 Å². The summed E-state index contributed by atoms with van der Waals surface area (Å²) < 4.78 is 8.44. The van der Waals surface area contributed by atoms with Crippen molar-refractivity contribution in [1.29, 1.82) is 0 Å². The number of hydrogen-bond donors (Lipinski definition) is 0. The van der Waals surface area contributed by atoms with Crippen molar-refractivity contribution in [3.05, 3.63) is 48.8 Å². The third kappa shape index (κ3) is 6.78. The molecule has 1 saturated carbocycles. The van der Waals surface area contributed by atoms with Gasteiger partial charge in [-0.1, -0.05) is 33.1 Å². The van der Waals surface area contributed by atoms with Gasteiger partial charge in [-0.2, -0.15) is 0 Å². The highest BCUT2D eigenvalue weighted by Crippen LogP contribution is 2.28. The zero-order valence-electron chi connectivity index (χ0n) is 20.3. The zero-order chi connectivity index (χ0) is 22.2. The second-order valence-corrected chi connectivity index (χ2v) is 10.4. The molecule has 1 aromatic carbocycles. The van der Waals surface area contributed by atoms with Gasteiger partial charge < -0.3 is 14.2 Å². The summed E-state index contributed by atoms with van der Waals surface area (Å²) in [6.07, 6.45) is 14.9. The minimum absolute atomic E-state index is 0.628. The molecule has 4 rings (SSSR count). The summed E-state index contributed by atoms with van der Waals surface area (Å²) in [6, 6.07) is 13.8. The first-order valence-electron chi connectivity index (χ1n) is 13.0. The lowest BCUT2D eigenvalue weighted by atomic mass is 9.90. The molecule has 1 aromatic heterocycles. The molecule has 176 valence electrons. The van der Waals surface area contributed by atoms with E-state index in [1.54, 1.807) is 0 Å². The van der Waals surface area contributed by atoms with Crippen LogP contribution in [0.2, 0.25) is 0 Å². The number of benzene rings is 1. The molecule has 0 N–H and O–H groups in total. The van der Waals surface area contributed by atoms with Crippen molar-refractivity contribution in [2.45, 2.75) is 77.9 Å². The molecule has 4 heteroatoms. The number of nitrogens with zero attached hydrogens (tertiary/aromatic N) is 3. The first-order valence-corrected chi connectivity index (χ1v) is 13.0. The normalized spacial score (nSPS) is 18.8. The maximum absolute atomic E-state index is 6.16. The largest absolute Gasteiger partial charge is 0.493 e. The molecule has 0 spiro atoms. The van der Waals surface area contributed by atoms with Gasteiger partial charge in [0, 0.05) is 43.8 Å². The first kappa shape index (κ1) is 23.2. The van der Waals surface area contributed by atoms with Crippen LogP contribution >= 0.6 is 0 Å². The Kier molecular flexibility index (Phi) is 8.55. The van der Waals surface area contributed by atoms with Crippen molar-refractivity contribution in [2.24, 2.45) is 11.8 Å². The second kappa shape index (κ2) is 11.8. The molecule has 1 saturated heterocycles. The predicted octanol–water partition coefficient (Wildman–Crippen LogP) is 6.42. The molecule has 0 amide bonds. The minimum Gasteiger partial charge on any atom is -0.493 e. The van der Waals surface area contributed by atoms with E-state index in [1.165, 1.54) is 70.1 Å². The molecule has 0 radical (unpaired) electrons. The molecular weight excluding hydrogens is 394 g/mol. The fraction of sp³-hybridized carbons (Fsp3) is 0.643. The molecule has 0 unspecified atom stereocenters. The van der Waals surface area contributed by atoms with Gasteiger partial charge in [-0.25, -0.2) is 0 Å². The first-order chi connectivity index (χ1) is 15.7. The Hall–Kier alpha value is -1.94. The van der Waals surface area contributed by atoms with E-state index < -0.39 is 0 Å². The summed E-state index contributed by atoms with van der Waals surface area (Å²) in [6.45, 7) is 10.0. The van der Waals surface area contributed by atoms with Gasteiger partial charge in [0.25, 0.3) is 0 Å². The average molecular weight is 438 g/mol. The Balaban J connectivity index is 1.33. The standard InChI is InChI=1S/C28H43N3O/c1-24(2)14-21-31(27-15-19-30(20-16-27)23-29-17-6-7-18-29)26-10-12-28(13-11-26)32-22-25-8-4-3-5-9-25/h6-7,10-13,17-18,24-25,27H,3-5,8-9,14-16,19-23H2,1-2H3. The number of rotatable bonds is 10. The van der Waals surface area contributed by atoms with E-state index in [0.29, 0.717) is 6.04 Å². The summed E-state index contributed by atoms with van der Waals surface area (Å²) >= 11 is 0. The highest BCUT2D eigenvalue weighted by molar-refractivity contribution is 5.50. The lowest BCUT2D eigenvalue weighted by Gasteiger charge is -2.40. The number of ether oxygens (including phenoxy) is 1. The smallest absolute Gasteiger partial charge is 0.119 e. The molecule has 32 heavy (non-hydrogen) atoms. The monoisotopic (exact) mass is 437 g/mol. The molecule has 0 bridgehead atoms. The van der Waals surface area contributed by atoms with Crippen LogP contribution < -0.4 is 9.64 Å². The highest BCUT2D eigenvalue weighted by atomic mass is 16.5. The number of aromatic nitrogens is 1. The van der Waals surface area contributed by atoms with Crippen LogP contribution in [0.1, 0.15) is 65.2 Å². The summed E-state index contributed by atoms with van der Waals surface area (Å²) in [5.74, 6) is 2.51. The number of piperidine rings is 1. The van der Waals surface area contributed by atoms with E-state index in [4.69, 9.17) is 4.74 Å². The van der Waals surface area contributed by atoms with Crippen molar-refractivity contribution in [2.75, 3.05) is 31.1 Å². The molecule has 0 atom stereocenters. The Labute approximate surface area is 195 Å². The molecule has 1 aliphatic carbocycles. The van der Waals surface area contributed by atoms with Gasteiger partial charge in [-0.15, -0.1) is 0 Å². The number of likely N-dealkylation sites (tertiary alicyclic amines) is 1. The van der Waals surface area contributed by atoms with Crippen molar-refractivity contribution in [3.8, 4) is 5.75 Å². The molecule has 4 nitrogen and oxygen atoms in total. The predicted molar refractivity (Wildman–Crippen MR) is 134 cm³/mol. The third-order valence-electron chi connectivity index (χ3n) is 7.35. The van der Waals surface area contributed by atoms with Crippen LogP contribution in [0.5, 0.6) is 5.75 Å². The van der Waals surface area contributed by atoms with Crippen LogP contribution in [0, 0.1) is 11.8 Å². The van der Waals surface area contributed by atoms with Crippen molar-refractivity contribution in [1.82, 2.24) is 9.47 Å². The molecule has 2 aromatic rings. The van der Waals surface area contributed by atoms with E-state index in [9.17, 15) is 0 Å². The summed E-state index contributed by atoms with van der Waals surface area (Å²) in [7, 11) is 0. The van der Waals surface area contributed by atoms with Crippen LogP contribution in [0.4, 0.5) is 5.69 Å². The number of anilines is 1. The fourth-order valence-corrected chi connectivity index (χ4v) is 5.29. The highest BCUT2D eigenvalue weighted by Gasteiger charge is 2.25. The lowest BCUT2D eigenvalue weighted by molar-refractivity contribution is 0.167. The van der Waals surface area contributed by atoms with Crippen LogP contribution in [0.3, 0.4) is 0 Å². The Morgan fingerprint density at radius 1 is 0.938 bits per heavy atom. The van der Waals surface area contributed by atoms with Gasteiger partial charge in [0.1, 0.15) is 5.75 Å². The SMILES string of the molecule is CC(C)CCN(c1ccc(OCC2CCCCC2)cc1)C1CCN(Cn2cccc2)CC1. The molecular formula is C28H43N3O. The van der Waals surface area contributed by atoms with Gasteiger partial charge in [0.05, 0.1) is 13.3 Å². The summed E-state index contributed by atoms with van der Waals surface area (Å²) in [4.78, 5) is 5.26. The maximum Gasteiger partial charge on any atom is 0.119 e. The van der Waals surface area contributed by atoms with Crippen molar-refractivity contribution < 1.29 is 4.74 Å². The molecule has 2 aliphatic rings. The molecule has 2 fully saturated rings. The van der Waals surface area contributed by atoms with E-state index in [-0.39, 0.29) is 0 Å². The van der Waals surface area contributed by atoms with Gasteiger partial charge in [0.2, 0.25) is 0 Å². The van der Waals surface area contributed by atoms with Crippen LogP contribution in [-0.2, 0) is 6.67 Å². The third-order valence-corrected chi connectivity index (χ3v) is 7.35. The van der Waals surface area contributed by atoms with Crippen LogP contribution in [-0.4, -0.2) is 41.8 Å². The van der Waals surface area contributed by atoms with Gasteiger partial charge >= 0.3 is 0 Å². The quantitative estimate of drug-likeness (QED) is 0.428. The maximum atomic E-state index is 6.16.